The topological polar surface area (TPSA) is 44.6 Å². The molecule has 0 amide bonds. The highest BCUT2D eigenvalue weighted by Crippen LogP contribution is 2.21. The third-order valence-electron chi connectivity index (χ3n) is 1.96. The summed E-state index contributed by atoms with van der Waals surface area (Å²) < 4.78 is 35.5. The fraction of sp³-hybridized carbons (Fsp3) is 0.778. The Morgan fingerprint density at radius 3 is 2.80 bits per heavy atom. The Labute approximate surface area is 86.4 Å². The number of aliphatic imine (C=N–C) groups is 1. The average molecular weight is 223 g/mol. The number of piperidine rings is 1. The smallest absolute Gasteiger partial charge is 0.391 e. The van der Waals surface area contributed by atoms with Gasteiger partial charge in [-0.25, -0.2) is 0 Å². The molecule has 0 spiro atoms. The predicted octanol–water partition coefficient (Wildman–Crippen LogP) is 1.29. The molecule has 1 unspecified atom stereocenters. The van der Waals surface area contributed by atoms with Crippen LogP contribution in [-0.2, 0) is 0 Å². The second kappa shape index (κ2) is 5.34. The van der Waals surface area contributed by atoms with Gasteiger partial charge in [0.2, 0.25) is 0 Å². The van der Waals surface area contributed by atoms with E-state index in [-0.39, 0.29) is 6.54 Å². The summed E-state index contributed by atoms with van der Waals surface area (Å²) in [4.78, 5) is 3.87. The number of aliphatic hydroxyl groups is 1. The molecule has 0 bridgehead atoms. The molecule has 0 saturated carbocycles. The van der Waals surface area contributed by atoms with Crippen LogP contribution in [0.3, 0.4) is 0 Å². The average Bonchev–Trinajstić information content (AvgIpc) is 2.14. The van der Waals surface area contributed by atoms with E-state index >= 15 is 0 Å². The van der Waals surface area contributed by atoms with E-state index < -0.39 is 18.7 Å². The summed E-state index contributed by atoms with van der Waals surface area (Å²) >= 11 is 0. The summed E-state index contributed by atoms with van der Waals surface area (Å²) in [6.45, 7) is 0.572. The van der Waals surface area contributed by atoms with Crippen LogP contribution in [-0.4, -0.2) is 36.3 Å². The zero-order valence-electron chi connectivity index (χ0n) is 8.22. The van der Waals surface area contributed by atoms with Crippen molar-refractivity contribution in [1.29, 1.82) is 0 Å². The summed E-state index contributed by atoms with van der Waals surface area (Å²) in [5, 5.41) is 12.0. The lowest BCUT2D eigenvalue weighted by Crippen LogP contribution is -2.31. The number of aliphatic hydroxyl groups excluding tert-OH is 1. The molecule has 0 aromatic carbocycles. The van der Waals surface area contributed by atoms with Gasteiger partial charge in [-0.15, -0.1) is 0 Å². The first-order valence-electron chi connectivity index (χ1n) is 4.84. The van der Waals surface area contributed by atoms with E-state index in [0.717, 1.165) is 19.4 Å². The predicted molar refractivity (Wildman–Crippen MR) is 50.5 cm³/mol. The molecular formula is C9H14F3N2O. The lowest BCUT2D eigenvalue weighted by atomic mass is 10.1. The van der Waals surface area contributed by atoms with Crippen molar-refractivity contribution in [3.05, 3.63) is 6.42 Å². The maximum Gasteiger partial charge on any atom is 0.391 e. The second-order valence-electron chi connectivity index (χ2n) is 3.47. The Balaban J connectivity index is 2.28. The van der Waals surface area contributed by atoms with Crippen LogP contribution in [0.1, 0.15) is 19.3 Å². The minimum absolute atomic E-state index is 0.210. The largest absolute Gasteiger partial charge is 0.391 e. The van der Waals surface area contributed by atoms with Crippen molar-refractivity contribution in [2.75, 3.05) is 13.1 Å². The van der Waals surface area contributed by atoms with E-state index in [1.54, 1.807) is 0 Å². The molecule has 15 heavy (non-hydrogen) atoms. The summed E-state index contributed by atoms with van der Waals surface area (Å²) in [6, 6.07) is 0. The molecule has 87 valence electrons. The van der Waals surface area contributed by atoms with Crippen molar-refractivity contribution >= 4 is 5.84 Å². The number of halogens is 3. The maximum absolute atomic E-state index is 11.8. The van der Waals surface area contributed by atoms with Gasteiger partial charge in [-0.1, -0.05) is 0 Å². The molecule has 1 aliphatic heterocycles. The molecule has 1 atom stereocenters. The summed E-state index contributed by atoms with van der Waals surface area (Å²) in [7, 11) is 0. The molecule has 1 rings (SSSR count). The monoisotopic (exact) mass is 223 g/mol. The first kappa shape index (κ1) is 12.3. The van der Waals surface area contributed by atoms with Gasteiger partial charge in [0, 0.05) is 13.0 Å². The van der Waals surface area contributed by atoms with Crippen LogP contribution < -0.4 is 5.32 Å². The molecule has 6 heteroatoms. The molecule has 1 fully saturated rings. The standard InChI is InChI=1S/C9H14F3N2O/c10-9(11,12)5-7(15)6-14-8-3-1-2-4-13-8/h3,7,15H,1-2,4-6H2,(H,13,14). The lowest BCUT2D eigenvalue weighted by Gasteiger charge is -2.16. The van der Waals surface area contributed by atoms with Crippen LogP contribution in [0.2, 0.25) is 0 Å². The minimum atomic E-state index is -4.33. The first-order valence-corrected chi connectivity index (χ1v) is 4.84. The first-order chi connectivity index (χ1) is 6.97. The zero-order valence-corrected chi connectivity index (χ0v) is 8.22. The molecule has 1 saturated heterocycles. The summed E-state index contributed by atoms with van der Waals surface area (Å²) in [5.41, 5.74) is 0. The Kier molecular flexibility index (Phi) is 4.38. The van der Waals surface area contributed by atoms with Gasteiger partial charge in [0.25, 0.3) is 0 Å². The van der Waals surface area contributed by atoms with Crippen molar-refractivity contribution in [3.63, 3.8) is 0 Å². The summed E-state index contributed by atoms with van der Waals surface area (Å²) in [6.07, 6.45) is -3.28. The summed E-state index contributed by atoms with van der Waals surface area (Å²) in [5.74, 6) is 0.586. The van der Waals surface area contributed by atoms with E-state index in [0.29, 0.717) is 5.84 Å². The number of hydrogen-bond acceptors (Lipinski definition) is 2. The van der Waals surface area contributed by atoms with Gasteiger partial charge in [-0.2, -0.15) is 13.2 Å². The van der Waals surface area contributed by atoms with Gasteiger partial charge in [-0.3, -0.25) is 4.99 Å². The Hall–Kier alpha value is -0.780. The van der Waals surface area contributed by atoms with Gasteiger partial charge in [-0.05, 0) is 12.8 Å². The van der Waals surface area contributed by atoms with Crippen LogP contribution in [0.15, 0.2) is 4.99 Å². The van der Waals surface area contributed by atoms with Gasteiger partial charge in [0.05, 0.1) is 19.1 Å². The van der Waals surface area contributed by atoms with E-state index in [1.165, 1.54) is 0 Å². The van der Waals surface area contributed by atoms with Crippen molar-refractivity contribution in [3.8, 4) is 0 Å². The Bertz CT molecular complexity index is 220. The highest BCUT2D eigenvalue weighted by Gasteiger charge is 2.30. The van der Waals surface area contributed by atoms with Crippen LogP contribution in [0.4, 0.5) is 13.2 Å². The number of amidine groups is 1. The quantitative estimate of drug-likeness (QED) is 0.757. The van der Waals surface area contributed by atoms with E-state index in [2.05, 4.69) is 10.3 Å². The molecule has 1 radical (unpaired) electrons. The normalized spacial score (nSPS) is 22.5. The fourth-order valence-corrected chi connectivity index (χ4v) is 1.29. The Morgan fingerprint density at radius 1 is 1.53 bits per heavy atom. The third-order valence-corrected chi connectivity index (χ3v) is 1.96. The van der Waals surface area contributed by atoms with E-state index in [9.17, 15) is 13.2 Å². The van der Waals surface area contributed by atoms with E-state index in [1.807, 2.05) is 6.42 Å². The third kappa shape index (κ3) is 5.61. The zero-order chi connectivity index (χ0) is 11.3. The number of nitrogens with one attached hydrogen (secondary N) is 1. The van der Waals surface area contributed by atoms with Crippen LogP contribution >= 0.6 is 0 Å². The number of nitrogens with zero attached hydrogens (tertiary/aromatic N) is 1. The van der Waals surface area contributed by atoms with Crippen LogP contribution in [0.25, 0.3) is 0 Å². The van der Waals surface area contributed by atoms with E-state index in [4.69, 9.17) is 5.11 Å². The van der Waals surface area contributed by atoms with Crippen molar-refractivity contribution in [2.24, 2.45) is 4.99 Å². The molecule has 0 aromatic rings. The second-order valence-corrected chi connectivity index (χ2v) is 3.47. The highest BCUT2D eigenvalue weighted by molar-refractivity contribution is 5.90. The molecular weight excluding hydrogens is 209 g/mol. The lowest BCUT2D eigenvalue weighted by molar-refractivity contribution is -0.152. The fourth-order valence-electron chi connectivity index (χ4n) is 1.29. The molecule has 0 aliphatic carbocycles. The number of alkyl halides is 3. The molecule has 2 N–H and O–H groups in total. The van der Waals surface area contributed by atoms with Crippen LogP contribution in [0, 0.1) is 6.42 Å². The Morgan fingerprint density at radius 2 is 2.27 bits per heavy atom. The van der Waals surface area contributed by atoms with Crippen molar-refractivity contribution in [1.82, 2.24) is 5.32 Å². The number of hydrogen-bond donors (Lipinski definition) is 2. The molecule has 0 aromatic heterocycles. The SMILES string of the molecule is OC(C/N=C1/[CH]CCCN1)CC(F)(F)F. The maximum atomic E-state index is 11.8. The van der Waals surface area contributed by atoms with Crippen LogP contribution in [0.5, 0.6) is 0 Å². The van der Waals surface area contributed by atoms with Gasteiger partial charge < -0.3 is 10.4 Å². The highest BCUT2D eigenvalue weighted by atomic mass is 19.4. The molecule has 1 aliphatic rings. The van der Waals surface area contributed by atoms with Gasteiger partial charge in [0.1, 0.15) is 5.84 Å². The number of rotatable bonds is 3. The van der Waals surface area contributed by atoms with Gasteiger partial charge >= 0.3 is 6.18 Å². The molecule has 3 nitrogen and oxygen atoms in total. The van der Waals surface area contributed by atoms with Crippen molar-refractivity contribution in [2.45, 2.75) is 31.5 Å². The minimum Gasteiger partial charge on any atom is -0.391 e. The van der Waals surface area contributed by atoms with Crippen molar-refractivity contribution < 1.29 is 18.3 Å². The van der Waals surface area contributed by atoms with Gasteiger partial charge in [0.15, 0.2) is 0 Å². The molecule has 1 heterocycles.